The lowest BCUT2D eigenvalue weighted by atomic mass is 9.99. The molecule has 2 aromatic rings. The van der Waals surface area contributed by atoms with E-state index in [0.29, 0.717) is 0 Å². The van der Waals surface area contributed by atoms with E-state index < -0.39 is 0 Å². The molecular weight excluding hydrogens is 264 g/mol. The van der Waals surface area contributed by atoms with Crippen LogP contribution in [0, 0.1) is 0 Å². The Hall–Kier alpha value is -1.81. The van der Waals surface area contributed by atoms with Crippen molar-refractivity contribution in [1.29, 1.82) is 0 Å². The Morgan fingerprint density at radius 3 is 3.00 bits per heavy atom. The van der Waals surface area contributed by atoms with Gasteiger partial charge in [0.2, 0.25) is 0 Å². The zero-order valence-electron chi connectivity index (χ0n) is 12.5. The maximum absolute atomic E-state index is 8.86. The number of aromatic nitrogens is 1. The van der Waals surface area contributed by atoms with Gasteiger partial charge in [0.05, 0.1) is 18.5 Å². The summed E-state index contributed by atoms with van der Waals surface area (Å²) < 4.78 is 5.30. The molecule has 2 heterocycles. The minimum absolute atomic E-state index is 0.282. The van der Waals surface area contributed by atoms with Crippen LogP contribution >= 0.6 is 0 Å². The molecule has 3 rings (SSSR count). The minimum Gasteiger partial charge on any atom is -0.497 e. The number of fused-ring (bicyclic) bond motifs is 3. The lowest BCUT2D eigenvalue weighted by Crippen LogP contribution is -2.12. The van der Waals surface area contributed by atoms with Gasteiger partial charge in [-0.1, -0.05) is 6.42 Å². The summed E-state index contributed by atoms with van der Waals surface area (Å²) in [5.41, 5.74) is 4.90. The second-order valence-corrected chi connectivity index (χ2v) is 5.50. The van der Waals surface area contributed by atoms with Crippen molar-refractivity contribution in [3.05, 3.63) is 29.5 Å². The molecule has 0 atom stereocenters. The second kappa shape index (κ2) is 6.31. The van der Waals surface area contributed by atoms with E-state index in [-0.39, 0.29) is 6.61 Å². The fourth-order valence-corrected chi connectivity index (χ4v) is 3.03. The van der Waals surface area contributed by atoms with Gasteiger partial charge in [-0.2, -0.15) is 0 Å². The van der Waals surface area contributed by atoms with Crippen LogP contribution in [-0.2, 0) is 6.42 Å². The van der Waals surface area contributed by atoms with Crippen LogP contribution in [0.25, 0.3) is 10.9 Å². The molecule has 1 aromatic carbocycles. The molecule has 1 aliphatic rings. The average molecular weight is 286 g/mol. The Morgan fingerprint density at radius 2 is 2.19 bits per heavy atom. The maximum Gasteiger partial charge on any atom is 0.120 e. The number of nitrogens with one attached hydrogen (secondary N) is 1. The van der Waals surface area contributed by atoms with Crippen LogP contribution < -0.4 is 4.74 Å². The molecule has 0 radical (unpaired) electrons. The van der Waals surface area contributed by atoms with Gasteiger partial charge >= 0.3 is 0 Å². The summed E-state index contributed by atoms with van der Waals surface area (Å²) in [5, 5.41) is 10.1. The molecule has 1 aliphatic heterocycles. The van der Waals surface area contributed by atoms with E-state index >= 15 is 0 Å². The summed E-state index contributed by atoms with van der Waals surface area (Å²) in [5.74, 6) is 0.877. The van der Waals surface area contributed by atoms with Crippen molar-refractivity contribution in [1.82, 2.24) is 4.98 Å². The molecule has 0 aliphatic carbocycles. The zero-order chi connectivity index (χ0) is 14.7. The van der Waals surface area contributed by atoms with Crippen LogP contribution in [0.5, 0.6) is 5.75 Å². The van der Waals surface area contributed by atoms with E-state index in [1.54, 1.807) is 7.11 Å². The molecule has 112 valence electrons. The monoisotopic (exact) mass is 286 g/mol. The Bertz CT molecular complexity index is 658. The Kier molecular flexibility index (Phi) is 4.25. The lowest BCUT2D eigenvalue weighted by molar-refractivity contribution is 0.283. The second-order valence-electron chi connectivity index (χ2n) is 5.50. The highest BCUT2D eigenvalue weighted by molar-refractivity contribution is 6.06. The number of benzene rings is 1. The summed E-state index contributed by atoms with van der Waals surface area (Å²) in [6.07, 6.45) is 5.00. The number of rotatable bonds is 6. The van der Waals surface area contributed by atoms with Crippen LogP contribution in [-0.4, -0.2) is 36.1 Å². The van der Waals surface area contributed by atoms with Gasteiger partial charge in [0.15, 0.2) is 0 Å². The molecule has 21 heavy (non-hydrogen) atoms. The molecule has 0 unspecified atom stereocenters. The fraction of sp³-hybridized carbons (Fsp3) is 0.471. The van der Waals surface area contributed by atoms with Crippen LogP contribution in [0.3, 0.4) is 0 Å². The van der Waals surface area contributed by atoms with Crippen molar-refractivity contribution in [3.8, 4) is 5.75 Å². The van der Waals surface area contributed by atoms with Crippen molar-refractivity contribution < 1.29 is 9.84 Å². The summed E-state index contributed by atoms with van der Waals surface area (Å²) in [4.78, 5) is 8.22. The lowest BCUT2D eigenvalue weighted by Gasteiger charge is -2.13. The molecule has 1 aromatic heterocycles. The number of nitrogens with zero attached hydrogens (tertiary/aromatic N) is 1. The number of aliphatic hydroxyl groups is 1. The third kappa shape index (κ3) is 2.81. The number of aromatic amines is 1. The Labute approximate surface area is 124 Å². The third-order valence-corrected chi connectivity index (χ3v) is 4.14. The normalized spacial score (nSPS) is 14.1. The smallest absolute Gasteiger partial charge is 0.120 e. The van der Waals surface area contributed by atoms with Gasteiger partial charge in [-0.15, -0.1) is 0 Å². The quantitative estimate of drug-likeness (QED) is 0.802. The van der Waals surface area contributed by atoms with Crippen LogP contribution in [0.15, 0.2) is 23.2 Å². The number of hydrogen-bond donors (Lipinski definition) is 2. The molecule has 0 fully saturated rings. The summed E-state index contributed by atoms with van der Waals surface area (Å²) >= 11 is 0. The first kappa shape index (κ1) is 14.1. The number of methoxy groups -OCH3 is 1. The SMILES string of the molecule is COc1ccc2c3c([nH]c2c1)C(CCCCCO)=NCC3. The van der Waals surface area contributed by atoms with Gasteiger partial charge in [-0.25, -0.2) is 0 Å². The fourth-order valence-electron chi connectivity index (χ4n) is 3.03. The van der Waals surface area contributed by atoms with Crippen molar-refractivity contribution in [3.63, 3.8) is 0 Å². The van der Waals surface area contributed by atoms with E-state index in [9.17, 15) is 0 Å². The van der Waals surface area contributed by atoms with Gasteiger partial charge in [0.25, 0.3) is 0 Å². The van der Waals surface area contributed by atoms with Gasteiger partial charge in [0.1, 0.15) is 5.75 Å². The van der Waals surface area contributed by atoms with E-state index in [1.165, 1.54) is 22.4 Å². The highest BCUT2D eigenvalue weighted by Crippen LogP contribution is 2.29. The molecule has 4 heteroatoms. The molecule has 2 N–H and O–H groups in total. The van der Waals surface area contributed by atoms with E-state index in [2.05, 4.69) is 17.1 Å². The number of unbranched alkanes of at least 4 members (excludes halogenated alkanes) is 2. The van der Waals surface area contributed by atoms with E-state index in [1.807, 2.05) is 6.07 Å². The molecule has 0 spiro atoms. The largest absolute Gasteiger partial charge is 0.497 e. The molecule has 0 saturated carbocycles. The summed E-state index contributed by atoms with van der Waals surface area (Å²) in [6, 6.07) is 6.21. The number of hydrogen-bond acceptors (Lipinski definition) is 3. The Morgan fingerprint density at radius 1 is 1.29 bits per heavy atom. The molecule has 4 nitrogen and oxygen atoms in total. The van der Waals surface area contributed by atoms with Crippen LogP contribution in [0.1, 0.15) is 36.9 Å². The topological polar surface area (TPSA) is 57.6 Å². The first-order valence-corrected chi connectivity index (χ1v) is 7.66. The summed E-state index contributed by atoms with van der Waals surface area (Å²) in [7, 11) is 1.69. The van der Waals surface area contributed by atoms with E-state index in [4.69, 9.17) is 14.8 Å². The molecule has 0 amide bonds. The number of ether oxygens (including phenoxy) is 1. The van der Waals surface area contributed by atoms with Crippen molar-refractivity contribution in [2.75, 3.05) is 20.3 Å². The Balaban J connectivity index is 1.86. The van der Waals surface area contributed by atoms with E-state index in [0.717, 1.165) is 49.9 Å². The van der Waals surface area contributed by atoms with Gasteiger partial charge in [-0.05, 0) is 43.4 Å². The number of H-pyrrole nitrogens is 1. The van der Waals surface area contributed by atoms with Gasteiger partial charge < -0.3 is 14.8 Å². The third-order valence-electron chi connectivity index (χ3n) is 4.14. The molecular formula is C17H22N2O2. The highest BCUT2D eigenvalue weighted by Gasteiger charge is 2.19. The number of aliphatic imine (C=N–C) groups is 1. The maximum atomic E-state index is 8.86. The standard InChI is InChI=1S/C17H22N2O2/c1-21-12-6-7-13-14-8-9-18-15(5-3-2-4-10-20)17(14)19-16(13)11-12/h6-7,11,19-20H,2-5,8-10H2,1H3. The van der Waals surface area contributed by atoms with Crippen LogP contribution in [0.4, 0.5) is 0 Å². The first-order chi connectivity index (χ1) is 10.3. The molecule has 0 saturated heterocycles. The average Bonchev–Trinajstić information content (AvgIpc) is 2.90. The predicted octanol–water partition coefficient (Wildman–Crippen LogP) is 3.07. The highest BCUT2D eigenvalue weighted by atomic mass is 16.5. The first-order valence-electron chi connectivity index (χ1n) is 7.66. The van der Waals surface area contributed by atoms with Gasteiger partial charge in [0, 0.05) is 30.1 Å². The molecule has 0 bridgehead atoms. The van der Waals surface area contributed by atoms with Crippen molar-refractivity contribution >= 4 is 16.6 Å². The van der Waals surface area contributed by atoms with Crippen molar-refractivity contribution in [2.45, 2.75) is 32.1 Å². The van der Waals surface area contributed by atoms with Gasteiger partial charge in [-0.3, -0.25) is 4.99 Å². The predicted molar refractivity (Wildman–Crippen MR) is 85.5 cm³/mol. The minimum atomic E-state index is 0.282. The summed E-state index contributed by atoms with van der Waals surface area (Å²) in [6.45, 7) is 1.16. The van der Waals surface area contributed by atoms with Crippen LogP contribution in [0.2, 0.25) is 0 Å². The zero-order valence-corrected chi connectivity index (χ0v) is 12.5. The number of aliphatic hydroxyl groups excluding tert-OH is 1. The van der Waals surface area contributed by atoms with Crippen molar-refractivity contribution in [2.24, 2.45) is 4.99 Å².